The molecule has 1 atom stereocenters. The lowest BCUT2D eigenvalue weighted by Gasteiger charge is -2.26. The highest BCUT2D eigenvalue weighted by Crippen LogP contribution is 2.21. The first-order valence-corrected chi connectivity index (χ1v) is 12.0. The maximum Gasteiger partial charge on any atom is 0.243 e. The number of sulfonamides is 1. The maximum absolute atomic E-state index is 12.9. The molecular weight excluding hydrogens is 396 g/mol. The highest BCUT2D eigenvalue weighted by molar-refractivity contribution is 7.89. The fourth-order valence-corrected chi connectivity index (χ4v) is 5.21. The van der Waals surface area contributed by atoms with Crippen LogP contribution in [0.2, 0.25) is 0 Å². The summed E-state index contributed by atoms with van der Waals surface area (Å²) in [6, 6.07) is 17.5. The number of benzene rings is 2. The van der Waals surface area contributed by atoms with Crippen LogP contribution in [0.15, 0.2) is 64.5 Å². The number of guanidine groups is 1. The van der Waals surface area contributed by atoms with Gasteiger partial charge < -0.3 is 10.6 Å². The predicted octanol–water partition coefficient (Wildman–Crippen LogP) is 3.33. The minimum Gasteiger partial charge on any atom is -0.356 e. The monoisotopic (exact) mass is 428 g/mol. The Bertz CT molecular complexity index is 939. The molecule has 0 amide bonds. The molecule has 7 heteroatoms. The average molecular weight is 429 g/mol. The minimum atomic E-state index is -3.42. The molecule has 2 aromatic rings. The second-order valence-electron chi connectivity index (χ2n) is 7.73. The lowest BCUT2D eigenvalue weighted by molar-refractivity contribution is 0.346. The van der Waals surface area contributed by atoms with E-state index < -0.39 is 10.0 Å². The van der Waals surface area contributed by atoms with E-state index in [1.54, 1.807) is 23.5 Å². The number of hydrogen-bond acceptors (Lipinski definition) is 3. The van der Waals surface area contributed by atoms with E-state index in [1.165, 1.54) is 5.56 Å². The van der Waals surface area contributed by atoms with Crippen LogP contribution >= 0.6 is 0 Å². The minimum absolute atomic E-state index is 0.350. The molecule has 0 aliphatic carbocycles. The largest absolute Gasteiger partial charge is 0.356 e. The van der Waals surface area contributed by atoms with E-state index in [0.717, 1.165) is 31.4 Å². The number of nitrogens with zero attached hydrogens (tertiary/aromatic N) is 2. The predicted molar refractivity (Wildman–Crippen MR) is 122 cm³/mol. The summed E-state index contributed by atoms with van der Waals surface area (Å²) in [4.78, 5) is 4.65. The molecule has 0 spiro atoms. The summed E-state index contributed by atoms with van der Waals surface area (Å²) in [5.41, 5.74) is 2.18. The van der Waals surface area contributed by atoms with Gasteiger partial charge in [-0.25, -0.2) is 8.42 Å². The Hall–Kier alpha value is -2.38. The van der Waals surface area contributed by atoms with Crippen molar-refractivity contribution in [1.29, 1.82) is 0 Å². The topological polar surface area (TPSA) is 73.8 Å². The van der Waals surface area contributed by atoms with E-state index in [2.05, 4.69) is 34.7 Å². The van der Waals surface area contributed by atoms with Gasteiger partial charge in [0.05, 0.1) is 4.90 Å². The van der Waals surface area contributed by atoms with Crippen LogP contribution in [0, 0.1) is 0 Å². The van der Waals surface area contributed by atoms with Crippen molar-refractivity contribution in [2.45, 2.75) is 43.5 Å². The maximum atomic E-state index is 12.9. The first-order valence-electron chi connectivity index (χ1n) is 10.6. The Morgan fingerprint density at radius 2 is 1.77 bits per heavy atom. The van der Waals surface area contributed by atoms with Crippen LogP contribution in [0.4, 0.5) is 0 Å². The highest BCUT2D eigenvalue weighted by Gasteiger charge is 2.25. The molecule has 1 heterocycles. The van der Waals surface area contributed by atoms with Gasteiger partial charge in [0.1, 0.15) is 0 Å². The van der Waals surface area contributed by atoms with Crippen molar-refractivity contribution in [1.82, 2.24) is 14.9 Å². The van der Waals surface area contributed by atoms with Crippen LogP contribution in [0.1, 0.15) is 43.2 Å². The lowest BCUT2D eigenvalue weighted by Crippen LogP contribution is -2.38. The van der Waals surface area contributed by atoms with E-state index in [0.29, 0.717) is 36.4 Å². The van der Waals surface area contributed by atoms with Crippen LogP contribution in [0.25, 0.3) is 0 Å². The molecule has 0 bridgehead atoms. The third-order valence-corrected chi connectivity index (χ3v) is 7.37. The van der Waals surface area contributed by atoms with E-state index in [4.69, 9.17) is 0 Å². The summed E-state index contributed by atoms with van der Waals surface area (Å²) in [7, 11) is -1.69. The van der Waals surface area contributed by atoms with Crippen LogP contribution in [0.3, 0.4) is 0 Å². The van der Waals surface area contributed by atoms with Gasteiger partial charge in [0, 0.05) is 33.2 Å². The van der Waals surface area contributed by atoms with Gasteiger partial charge in [-0.2, -0.15) is 4.31 Å². The first-order chi connectivity index (χ1) is 14.5. The number of piperidine rings is 1. The van der Waals surface area contributed by atoms with E-state index in [1.807, 2.05) is 30.3 Å². The van der Waals surface area contributed by atoms with Crippen molar-refractivity contribution in [3.8, 4) is 0 Å². The number of aliphatic imine (C=N–C) groups is 1. The number of hydrogen-bond donors (Lipinski definition) is 2. The molecule has 3 rings (SSSR count). The van der Waals surface area contributed by atoms with E-state index in [9.17, 15) is 8.42 Å². The van der Waals surface area contributed by atoms with Crippen molar-refractivity contribution >= 4 is 16.0 Å². The van der Waals surface area contributed by atoms with Crippen LogP contribution in [-0.4, -0.2) is 45.4 Å². The Kier molecular flexibility index (Phi) is 7.87. The molecule has 162 valence electrons. The molecule has 0 radical (unpaired) electrons. The third-order valence-electron chi connectivity index (χ3n) is 5.48. The van der Waals surface area contributed by atoms with Gasteiger partial charge in [-0.3, -0.25) is 4.99 Å². The van der Waals surface area contributed by atoms with E-state index >= 15 is 0 Å². The fraction of sp³-hybridized carbons (Fsp3) is 0.435. The van der Waals surface area contributed by atoms with Gasteiger partial charge in [-0.05, 0) is 42.0 Å². The summed E-state index contributed by atoms with van der Waals surface area (Å²) in [5, 5.41) is 6.63. The smallest absolute Gasteiger partial charge is 0.243 e. The summed E-state index contributed by atoms with van der Waals surface area (Å²) in [6.45, 7) is 4.66. The summed E-state index contributed by atoms with van der Waals surface area (Å²) in [6.07, 6.45) is 2.97. The van der Waals surface area contributed by atoms with Gasteiger partial charge in [-0.1, -0.05) is 55.8 Å². The molecule has 0 aromatic heterocycles. The molecule has 1 saturated heterocycles. The van der Waals surface area contributed by atoms with Crippen molar-refractivity contribution < 1.29 is 8.42 Å². The van der Waals surface area contributed by atoms with E-state index in [-0.39, 0.29) is 0 Å². The SMILES string of the molecule is CN=C(NCc1cccc(S(=O)(=O)N2CCCCC2)c1)NCC(C)c1ccccc1. The Morgan fingerprint density at radius 3 is 2.47 bits per heavy atom. The van der Waals surface area contributed by atoms with Gasteiger partial charge in [0.2, 0.25) is 10.0 Å². The van der Waals surface area contributed by atoms with Crippen LogP contribution in [0.5, 0.6) is 0 Å². The molecular formula is C23H32N4O2S. The second-order valence-corrected chi connectivity index (χ2v) is 9.67. The second kappa shape index (κ2) is 10.6. The van der Waals surface area contributed by atoms with Crippen molar-refractivity contribution in [3.63, 3.8) is 0 Å². The zero-order valence-electron chi connectivity index (χ0n) is 17.8. The highest BCUT2D eigenvalue weighted by atomic mass is 32.2. The Balaban J connectivity index is 1.57. The quantitative estimate of drug-likeness (QED) is 0.524. The average Bonchev–Trinajstić information content (AvgIpc) is 2.80. The molecule has 6 nitrogen and oxygen atoms in total. The van der Waals surface area contributed by atoms with Gasteiger partial charge in [0.25, 0.3) is 0 Å². The Morgan fingerprint density at radius 1 is 1.03 bits per heavy atom. The molecule has 1 unspecified atom stereocenters. The normalized spacial score (nSPS) is 16.8. The third kappa shape index (κ3) is 5.83. The van der Waals surface area contributed by atoms with Gasteiger partial charge in [0.15, 0.2) is 5.96 Å². The molecule has 1 fully saturated rings. The fourth-order valence-electron chi connectivity index (χ4n) is 3.63. The van der Waals surface area contributed by atoms with Gasteiger partial charge >= 0.3 is 0 Å². The number of rotatable bonds is 7. The standard InChI is InChI=1S/C23H32N4O2S/c1-19(21-11-5-3-6-12-21)17-25-23(24-2)26-18-20-10-9-13-22(16-20)30(28,29)27-14-7-4-8-15-27/h3,5-6,9-13,16,19H,4,7-8,14-15,17-18H2,1-2H3,(H2,24,25,26). The molecule has 2 aromatic carbocycles. The molecule has 2 N–H and O–H groups in total. The summed E-state index contributed by atoms with van der Waals surface area (Å²) in [5.74, 6) is 1.05. The summed E-state index contributed by atoms with van der Waals surface area (Å²) >= 11 is 0. The van der Waals surface area contributed by atoms with Crippen LogP contribution < -0.4 is 10.6 Å². The van der Waals surface area contributed by atoms with Crippen molar-refractivity contribution in [2.24, 2.45) is 4.99 Å². The first kappa shape index (κ1) is 22.3. The van der Waals surface area contributed by atoms with Crippen LogP contribution in [-0.2, 0) is 16.6 Å². The van der Waals surface area contributed by atoms with Crippen molar-refractivity contribution in [2.75, 3.05) is 26.7 Å². The molecule has 0 saturated carbocycles. The van der Waals surface area contributed by atoms with Crippen molar-refractivity contribution in [3.05, 3.63) is 65.7 Å². The molecule has 30 heavy (non-hydrogen) atoms. The molecule has 1 aliphatic heterocycles. The zero-order valence-corrected chi connectivity index (χ0v) is 18.7. The van der Waals surface area contributed by atoms with Gasteiger partial charge in [-0.15, -0.1) is 0 Å². The Labute approximate surface area is 180 Å². The molecule has 1 aliphatic rings. The zero-order chi connectivity index (χ0) is 21.4. The summed E-state index contributed by atoms with van der Waals surface area (Å²) < 4.78 is 27.4. The lowest BCUT2D eigenvalue weighted by atomic mass is 10.0. The number of nitrogens with one attached hydrogen (secondary N) is 2.